The Morgan fingerprint density at radius 2 is 2.13 bits per heavy atom. The van der Waals surface area contributed by atoms with Gasteiger partial charge in [-0.25, -0.2) is 9.37 Å². The maximum absolute atomic E-state index is 13.6. The minimum absolute atomic E-state index is 0.262. The zero-order valence-electron chi connectivity index (χ0n) is 13.8. The van der Waals surface area contributed by atoms with Gasteiger partial charge in [0, 0.05) is 45.6 Å². The van der Waals surface area contributed by atoms with E-state index in [4.69, 9.17) is 0 Å². The topological polar surface area (TPSA) is 61.4 Å². The Morgan fingerprint density at radius 3 is 2.83 bits per heavy atom. The van der Waals surface area contributed by atoms with E-state index in [1.807, 2.05) is 0 Å². The molecule has 1 atom stereocenters. The van der Waals surface area contributed by atoms with Crippen molar-refractivity contribution in [2.45, 2.75) is 38.1 Å². The SMILES string of the molecule is CN(C)c1nc(NCC2CC(=O)N(C3CCCC3)C2)ncc1F. The minimum atomic E-state index is -0.441. The average Bonchev–Trinajstić information content (AvgIpc) is 3.15. The molecule has 7 heteroatoms. The fourth-order valence-electron chi connectivity index (χ4n) is 3.51. The number of aromatic nitrogens is 2. The molecule has 1 amide bonds. The molecule has 3 rings (SSSR count). The van der Waals surface area contributed by atoms with Crippen LogP contribution in [-0.4, -0.2) is 54.0 Å². The second-order valence-electron chi connectivity index (χ2n) is 6.70. The van der Waals surface area contributed by atoms with Crippen LogP contribution in [0.3, 0.4) is 0 Å². The van der Waals surface area contributed by atoms with Gasteiger partial charge in [0.25, 0.3) is 0 Å². The van der Waals surface area contributed by atoms with Crippen molar-refractivity contribution in [2.75, 3.05) is 37.4 Å². The van der Waals surface area contributed by atoms with Crippen molar-refractivity contribution in [1.29, 1.82) is 0 Å². The number of hydrogen-bond donors (Lipinski definition) is 1. The molecule has 0 aromatic carbocycles. The minimum Gasteiger partial charge on any atom is -0.360 e. The number of likely N-dealkylation sites (tertiary alicyclic amines) is 1. The highest BCUT2D eigenvalue weighted by molar-refractivity contribution is 5.79. The van der Waals surface area contributed by atoms with Crippen LogP contribution in [0.1, 0.15) is 32.1 Å². The van der Waals surface area contributed by atoms with Crippen molar-refractivity contribution in [3.63, 3.8) is 0 Å². The molecule has 0 radical (unpaired) electrons. The molecule has 2 heterocycles. The van der Waals surface area contributed by atoms with Gasteiger partial charge in [0.05, 0.1) is 6.20 Å². The molecular weight excluding hydrogens is 297 g/mol. The number of hydrogen-bond acceptors (Lipinski definition) is 5. The lowest BCUT2D eigenvalue weighted by molar-refractivity contribution is -0.129. The summed E-state index contributed by atoms with van der Waals surface area (Å²) in [5, 5.41) is 3.15. The van der Waals surface area contributed by atoms with E-state index < -0.39 is 5.82 Å². The largest absolute Gasteiger partial charge is 0.360 e. The van der Waals surface area contributed by atoms with Crippen LogP contribution in [0.2, 0.25) is 0 Å². The third-order valence-corrected chi connectivity index (χ3v) is 4.70. The summed E-state index contributed by atoms with van der Waals surface area (Å²) < 4.78 is 13.6. The molecule has 6 nitrogen and oxygen atoms in total. The molecule has 0 bridgehead atoms. The van der Waals surface area contributed by atoms with Crippen molar-refractivity contribution in [1.82, 2.24) is 14.9 Å². The Labute approximate surface area is 136 Å². The van der Waals surface area contributed by atoms with Crippen molar-refractivity contribution in [3.05, 3.63) is 12.0 Å². The number of anilines is 2. The molecule has 1 N–H and O–H groups in total. The van der Waals surface area contributed by atoms with Crippen molar-refractivity contribution in [3.8, 4) is 0 Å². The first-order valence-electron chi connectivity index (χ1n) is 8.28. The maximum Gasteiger partial charge on any atom is 0.224 e. The lowest BCUT2D eigenvalue weighted by Gasteiger charge is -2.24. The summed E-state index contributed by atoms with van der Waals surface area (Å²) in [5.41, 5.74) is 0. The first-order chi connectivity index (χ1) is 11.0. The highest BCUT2D eigenvalue weighted by Crippen LogP contribution is 2.29. The van der Waals surface area contributed by atoms with E-state index in [1.54, 1.807) is 19.0 Å². The van der Waals surface area contributed by atoms with Gasteiger partial charge in [0.1, 0.15) is 0 Å². The summed E-state index contributed by atoms with van der Waals surface area (Å²) in [6.07, 6.45) is 6.49. The van der Waals surface area contributed by atoms with Gasteiger partial charge in [-0.05, 0) is 12.8 Å². The quantitative estimate of drug-likeness (QED) is 0.897. The van der Waals surface area contributed by atoms with Crippen LogP contribution in [0, 0.1) is 11.7 Å². The molecule has 1 saturated carbocycles. The molecule has 1 unspecified atom stereocenters. The molecule has 1 aromatic heterocycles. The lowest BCUT2D eigenvalue weighted by atomic mass is 10.1. The predicted octanol–water partition coefficient (Wildman–Crippen LogP) is 1.88. The first-order valence-corrected chi connectivity index (χ1v) is 8.28. The van der Waals surface area contributed by atoms with Gasteiger partial charge in [-0.3, -0.25) is 4.79 Å². The predicted molar refractivity (Wildman–Crippen MR) is 86.9 cm³/mol. The Morgan fingerprint density at radius 1 is 1.39 bits per heavy atom. The van der Waals surface area contributed by atoms with Crippen LogP contribution < -0.4 is 10.2 Å². The summed E-state index contributed by atoms with van der Waals surface area (Å²) in [6, 6.07) is 0.440. The molecule has 23 heavy (non-hydrogen) atoms. The summed E-state index contributed by atoms with van der Waals surface area (Å²) in [4.78, 5) is 24.0. The Bertz CT molecular complexity index is 574. The van der Waals surface area contributed by atoms with E-state index in [0.29, 0.717) is 25.0 Å². The van der Waals surface area contributed by atoms with Crippen LogP contribution in [-0.2, 0) is 4.79 Å². The van der Waals surface area contributed by atoms with Gasteiger partial charge in [-0.15, -0.1) is 0 Å². The Balaban J connectivity index is 1.57. The number of nitrogens with zero attached hydrogens (tertiary/aromatic N) is 4. The fraction of sp³-hybridized carbons (Fsp3) is 0.688. The smallest absolute Gasteiger partial charge is 0.224 e. The van der Waals surface area contributed by atoms with Crippen molar-refractivity contribution < 1.29 is 9.18 Å². The maximum atomic E-state index is 13.6. The highest BCUT2D eigenvalue weighted by Gasteiger charge is 2.35. The summed E-state index contributed by atoms with van der Waals surface area (Å²) >= 11 is 0. The fourth-order valence-corrected chi connectivity index (χ4v) is 3.51. The van der Waals surface area contributed by atoms with Gasteiger partial charge in [-0.2, -0.15) is 4.98 Å². The number of rotatable bonds is 5. The Kier molecular flexibility index (Phi) is 4.63. The highest BCUT2D eigenvalue weighted by atomic mass is 19.1. The normalized spacial score (nSPS) is 22.0. The standard InChI is InChI=1S/C16H24FN5O/c1-21(2)15-13(17)9-19-16(20-15)18-8-11-7-14(23)22(10-11)12-5-3-4-6-12/h9,11-12H,3-8,10H2,1-2H3,(H,18,19,20). The second kappa shape index (κ2) is 6.68. The molecule has 1 aromatic rings. The molecule has 1 saturated heterocycles. The van der Waals surface area contributed by atoms with Crippen LogP contribution in [0.15, 0.2) is 6.20 Å². The summed E-state index contributed by atoms with van der Waals surface area (Å²) in [5.74, 6) is 0.751. The first kappa shape index (κ1) is 16.0. The molecule has 0 spiro atoms. The van der Waals surface area contributed by atoms with Gasteiger partial charge in [-0.1, -0.05) is 12.8 Å². The number of carbonyl (C=O) groups excluding carboxylic acids is 1. The number of nitrogens with one attached hydrogen (secondary N) is 1. The molecule has 2 aliphatic rings. The Hall–Kier alpha value is -1.92. The van der Waals surface area contributed by atoms with Crippen LogP contribution in [0.5, 0.6) is 0 Å². The van der Waals surface area contributed by atoms with Gasteiger partial charge < -0.3 is 15.1 Å². The lowest BCUT2D eigenvalue weighted by Crippen LogP contribution is -2.34. The number of carbonyl (C=O) groups is 1. The zero-order chi connectivity index (χ0) is 16.4. The summed E-state index contributed by atoms with van der Waals surface area (Å²) in [7, 11) is 3.48. The monoisotopic (exact) mass is 321 g/mol. The third-order valence-electron chi connectivity index (χ3n) is 4.70. The van der Waals surface area contributed by atoms with Crippen LogP contribution >= 0.6 is 0 Å². The zero-order valence-corrected chi connectivity index (χ0v) is 13.8. The third kappa shape index (κ3) is 3.54. The molecule has 1 aliphatic carbocycles. The second-order valence-corrected chi connectivity index (χ2v) is 6.70. The van der Waals surface area contributed by atoms with Crippen molar-refractivity contribution >= 4 is 17.7 Å². The average molecular weight is 321 g/mol. The van der Waals surface area contributed by atoms with E-state index in [-0.39, 0.29) is 17.6 Å². The molecule has 2 fully saturated rings. The molecule has 1 aliphatic heterocycles. The van der Waals surface area contributed by atoms with Gasteiger partial charge >= 0.3 is 0 Å². The van der Waals surface area contributed by atoms with E-state index in [0.717, 1.165) is 19.4 Å². The van der Waals surface area contributed by atoms with E-state index >= 15 is 0 Å². The molecular formula is C16H24FN5O. The van der Waals surface area contributed by atoms with E-state index in [2.05, 4.69) is 20.2 Å². The summed E-state index contributed by atoms with van der Waals surface area (Å²) in [6.45, 7) is 1.44. The number of amides is 1. The number of halogens is 1. The van der Waals surface area contributed by atoms with Crippen molar-refractivity contribution in [2.24, 2.45) is 5.92 Å². The van der Waals surface area contributed by atoms with Crippen LogP contribution in [0.25, 0.3) is 0 Å². The van der Waals surface area contributed by atoms with E-state index in [1.165, 1.54) is 19.0 Å². The van der Waals surface area contributed by atoms with Gasteiger partial charge in [0.15, 0.2) is 11.6 Å². The van der Waals surface area contributed by atoms with Crippen LogP contribution in [0.4, 0.5) is 16.2 Å². The molecule has 126 valence electrons. The van der Waals surface area contributed by atoms with Gasteiger partial charge in [0.2, 0.25) is 11.9 Å². The van der Waals surface area contributed by atoms with E-state index in [9.17, 15) is 9.18 Å².